The SMILES string of the molecule is Cc1cc(Cl)cc(C(=O)N2CCN(C(=O)c3ncn(-c4cccc(Cl)c4)n3)C(C)(C)C2)n1. The minimum absolute atomic E-state index is 0.0879. The maximum atomic E-state index is 13.2. The molecule has 3 aromatic rings. The number of carbonyl (C=O) groups excluding carboxylic acids is 2. The van der Waals surface area contributed by atoms with Crippen LogP contribution in [0, 0.1) is 6.92 Å². The second kappa shape index (κ2) is 8.52. The number of carbonyl (C=O) groups is 2. The minimum Gasteiger partial charge on any atom is -0.333 e. The molecule has 0 atom stereocenters. The van der Waals surface area contributed by atoms with Gasteiger partial charge in [-0.3, -0.25) is 9.59 Å². The highest BCUT2D eigenvalue weighted by Gasteiger charge is 2.40. The Morgan fingerprint density at radius 3 is 2.50 bits per heavy atom. The van der Waals surface area contributed by atoms with E-state index >= 15 is 0 Å². The van der Waals surface area contributed by atoms with Gasteiger partial charge in [-0.2, -0.15) is 0 Å². The highest BCUT2D eigenvalue weighted by molar-refractivity contribution is 6.31. The topological polar surface area (TPSA) is 84.2 Å². The maximum Gasteiger partial charge on any atom is 0.294 e. The molecule has 0 bridgehead atoms. The zero-order valence-electron chi connectivity index (χ0n) is 17.9. The Labute approximate surface area is 195 Å². The molecule has 1 aliphatic rings. The first-order valence-corrected chi connectivity index (χ1v) is 10.8. The first kappa shape index (κ1) is 22.2. The van der Waals surface area contributed by atoms with E-state index in [-0.39, 0.29) is 17.6 Å². The average Bonchev–Trinajstić information content (AvgIpc) is 3.22. The Morgan fingerprint density at radius 2 is 1.81 bits per heavy atom. The van der Waals surface area contributed by atoms with Crippen LogP contribution in [-0.4, -0.2) is 66.5 Å². The summed E-state index contributed by atoms with van der Waals surface area (Å²) in [5, 5.41) is 5.37. The van der Waals surface area contributed by atoms with E-state index in [0.717, 1.165) is 0 Å². The molecule has 32 heavy (non-hydrogen) atoms. The molecule has 1 saturated heterocycles. The smallest absolute Gasteiger partial charge is 0.294 e. The lowest BCUT2D eigenvalue weighted by Crippen LogP contribution is -2.62. The van der Waals surface area contributed by atoms with Gasteiger partial charge in [0.25, 0.3) is 11.8 Å². The van der Waals surface area contributed by atoms with E-state index < -0.39 is 5.54 Å². The molecular weight excluding hydrogens is 451 g/mol. The lowest BCUT2D eigenvalue weighted by Gasteiger charge is -2.46. The number of benzene rings is 1. The van der Waals surface area contributed by atoms with E-state index in [1.807, 2.05) is 19.9 Å². The molecular formula is C22H22Cl2N6O2. The van der Waals surface area contributed by atoms with Crippen LogP contribution < -0.4 is 0 Å². The fourth-order valence-electron chi connectivity index (χ4n) is 3.83. The van der Waals surface area contributed by atoms with E-state index in [4.69, 9.17) is 23.2 Å². The van der Waals surface area contributed by atoms with Gasteiger partial charge in [-0.15, -0.1) is 5.10 Å². The Balaban J connectivity index is 1.50. The van der Waals surface area contributed by atoms with E-state index in [1.54, 1.807) is 47.1 Å². The summed E-state index contributed by atoms with van der Waals surface area (Å²) in [7, 11) is 0. The van der Waals surface area contributed by atoms with Crippen molar-refractivity contribution in [2.24, 2.45) is 0 Å². The number of pyridine rings is 1. The number of aryl methyl sites for hydroxylation is 1. The first-order valence-electron chi connectivity index (χ1n) is 10.1. The van der Waals surface area contributed by atoms with Crippen molar-refractivity contribution in [2.75, 3.05) is 19.6 Å². The highest BCUT2D eigenvalue weighted by Crippen LogP contribution is 2.24. The minimum atomic E-state index is -0.625. The van der Waals surface area contributed by atoms with Gasteiger partial charge in [0.1, 0.15) is 12.0 Å². The molecule has 1 fully saturated rings. The van der Waals surface area contributed by atoms with Crippen molar-refractivity contribution in [3.63, 3.8) is 0 Å². The summed E-state index contributed by atoms with van der Waals surface area (Å²) >= 11 is 12.1. The van der Waals surface area contributed by atoms with Crippen molar-refractivity contribution in [1.29, 1.82) is 0 Å². The van der Waals surface area contributed by atoms with Gasteiger partial charge in [-0.25, -0.2) is 14.6 Å². The number of aromatic nitrogens is 4. The lowest BCUT2D eigenvalue weighted by atomic mass is 9.98. The molecule has 2 amide bonds. The summed E-state index contributed by atoms with van der Waals surface area (Å²) < 4.78 is 1.51. The van der Waals surface area contributed by atoms with Crippen molar-refractivity contribution in [2.45, 2.75) is 26.3 Å². The van der Waals surface area contributed by atoms with Gasteiger partial charge >= 0.3 is 0 Å². The molecule has 3 heterocycles. The van der Waals surface area contributed by atoms with E-state index in [1.165, 1.54) is 11.0 Å². The zero-order valence-corrected chi connectivity index (χ0v) is 19.4. The number of hydrogen-bond donors (Lipinski definition) is 0. The second-order valence-corrected chi connectivity index (χ2v) is 9.17. The predicted octanol–water partition coefficient (Wildman–Crippen LogP) is 3.65. The average molecular weight is 473 g/mol. The van der Waals surface area contributed by atoms with Gasteiger partial charge in [0.05, 0.1) is 11.2 Å². The third-order valence-corrected chi connectivity index (χ3v) is 5.78. The lowest BCUT2D eigenvalue weighted by molar-refractivity contribution is 0.0158. The van der Waals surface area contributed by atoms with Crippen molar-refractivity contribution in [3.05, 3.63) is 70.0 Å². The molecule has 10 heteroatoms. The number of hydrogen-bond acceptors (Lipinski definition) is 5. The van der Waals surface area contributed by atoms with Crippen LogP contribution in [0.2, 0.25) is 10.0 Å². The molecule has 8 nitrogen and oxygen atoms in total. The van der Waals surface area contributed by atoms with Gasteiger partial charge in [-0.05, 0) is 51.1 Å². The van der Waals surface area contributed by atoms with Crippen LogP contribution in [0.4, 0.5) is 0 Å². The van der Waals surface area contributed by atoms with E-state index in [9.17, 15) is 9.59 Å². The van der Waals surface area contributed by atoms with Gasteiger partial charge in [-0.1, -0.05) is 29.3 Å². The summed E-state index contributed by atoms with van der Waals surface area (Å²) in [5.41, 5.74) is 1.06. The molecule has 0 saturated carbocycles. The summed E-state index contributed by atoms with van der Waals surface area (Å²) in [4.78, 5) is 38.1. The van der Waals surface area contributed by atoms with Crippen molar-refractivity contribution in [1.82, 2.24) is 29.5 Å². The number of halogens is 2. The third-order valence-electron chi connectivity index (χ3n) is 5.33. The standard InChI is InChI=1S/C22H22Cl2N6O2/c1-14-9-16(24)11-18(26-14)20(31)28-7-8-29(22(2,3)12-28)21(32)19-25-13-30(27-19)17-6-4-5-15(23)10-17/h4-6,9-11,13H,7-8,12H2,1-3H3. The molecule has 0 radical (unpaired) electrons. The molecule has 2 aromatic heterocycles. The zero-order chi connectivity index (χ0) is 23.0. The Kier molecular flexibility index (Phi) is 5.92. The van der Waals surface area contributed by atoms with Crippen LogP contribution in [0.15, 0.2) is 42.7 Å². The van der Waals surface area contributed by atoms with Crippen molar-refractivity contribution in [3.8, 4) is 5.69 Å². The largest absolute Gasteiger partial charge is 0.333 e. The maximum absolute atomic E-state index is 13.2. The molecule has 1 aromatic carbocycles. The molecule has 0 aliphatic carbocycles. The van der Waals surface area contributed by atoms with Crippen LogP contribution >= 0.6 is 23.2 Å². The fourth-order valence-corrected chi connectivity index (χ4v) is 4.27. The van der Waals surface area contributed by atoms with Crippen molar-refractivity contribution >= 4 is 35.0 Å². The van der Waals surface area contributed by atoms with Crippen LogP contribution in [0.3, 0.4) is 0 Å². The molecule has 0 spiro atoms. The summed E-state index contributed by atoms with van der Waals surface area (Å²) in [6, 6.07) is 10.4. The molecule has 1 aliphatic heterocycles. The predicted molar refractivity (Wildman–Crippen MR) is 121 cm³/mol. The Morgan fingerprint density at radius 1 is 1.03 bits per heavy atom. The summed E-state index contributed by atoms with van der Waals surface area (Å²) in [5.74, 6) is -0.413. The summed E-state index contributed by atoms with van der Waals surface area (Å²) in [6.07, 6.45) is 1.48. The van der Waals surface area contributed by atoms with Gasteiger partial charge in [0.15, 0.2) is 0 Å². The fraction of sp³-hybridized carbons (Fsp3) is 0.318. The number of nitrogens with zero attached hydrogens (tertiary/aromatic N) is 6. The monoisotopic (exact) mass is 472 g/mol. The molecule has 0 unspecified atom stereocenters. The number of amides is 2. The van der Waals surface area contributed by atoms with E-state index in [2.05, 4.69) is 15.1 Å². The second-order valence-electron chi connectivity index (χ2n) is 8.30. The van der Waals surface area contributed by atoms with E-state index in [0.29, 0.717) is 46.8 Å². The van der Waals surface area contributed by atoms with Crippen LogP contribution in [-0.2, 0) is 0 Å². The normalized spacial score (nSPS) is 15.7. The number of rotatable bonds is 3. The third kappa shape index (κ3) is 4.47. The van der Waals surface area contributed by atoms with Crippen LogP contribution in [0.1, 0.15) is 40.6 Å². The van der Waals surface area contributed by atoms with Crippen LogP contribution in [0.25, 0.3) is 5.69 Å². The van der Waals surface area contributed by atoms with Gasteiger partial charge in [0, 0.05) is 35.4 Å². The summed E-state index contributed by atoms with van der Waals surface area (Å²) in [6.45, 7) is 6.68. The Bertz CT molecular complexity index is 1170. The van der Waals surface area contributed by atoms with Gasteiger partial charge in [0.2, 0.25) is 5.82 Å². The molecule has 4 rings (SSSR count). The van der Waals surface area contributed by atoms with Gasteiger partial charge < -0.3 is 9.80 Å². The Hall–Kier alpha value is -2.97. The quantitative estimate of drug-likeness (QED) is 0.580. The highest BCUT2D eigenvalue weighted by atomic mass is 35.5. The molecule has 0 N–H and O–H groups in total. The molecule has 166 valence electrons. The van der Waals surface area contributed by atoms with Crippen molar-refractivity contribution < 1.29 is 9.59 Å². The first-order chi connectivity index (χ1) is 15.1. The van der Waals surface area contributed by atoms with Crippen LogP contribution in [0.5, 0.6) is 0 Å². The number of piperazine rings is 1.